The molecule has 0 aromatic rings. The highest BCUT2D eigenvalue weighted by Gasteiger charge is 2.00. The van der Waals surface area contributed by atoms with E-state index in [9.17, 15) is 0 Å². The van der Waals surface area contributed by atoms with Crippen molar-refractivity contribution in [3.8, 4) is 0 Å². The zero-order valence-electron chi connectivity index (χ0n) is 9.92. The van der Waals surface area contributed by atoms with Gasteiger partial charge in [0.25, 0.3) is 0 Å². The van der Waals surface area contributed by atoms with E-state index in [1.54, 1.807) is 0 Å². The van der Waals surface area contributed by atoms with Crippen LogP contribution in [0.5, 0.6) is 0 Å². The second kappa shape index (κ2) is 8.25. The van der Waals surface area contributed by atoms with Gasteiger partial charge in [0, 0.05) is 10.4 Å². The van der Waals surface area contributed by atoms with Crippen LogP contribution in [-0.2, 0) is 10.4 Å². The minimum absolute atomic E-state index is 1.02. The van der Waals surface area contributed by atoms with Crippen LogP contribution >= 0.6 is 0 Å². The smallest absolute Gasteiger partial charge is 0.183 e. The Labute approximate surface area is 101 Å². The van der Waals surface area contributed by atoms with Gasteiger partial charge in [0.05, 0.1) is 27.2 Å². The Morgan fingerprint density at radius 3 is 1.35 bits per heavy atom. The average Bonchev–Trinajstić information content (AvgIpc) is 2.76. The fourth-order valence-electron chi connectivity index (χ4n) is 1.05. The molecule has 2 atom stereocenters. The highest BCUT2D eigenvalue weighted by atomic mass is 32.3. The summed E-state index contributed by atoms with van der Waals surface area (Å²) in [6, 6.07) is 0. The first-order chi connectivity index (χ1) is 7.79. The molecule has 2 N–H and O–H groups in total. The van der Waals surface area contributed by atoms with Crippen molar-refractivity contribution in [2.24, 2.45) is 9.98 Å². The largest absolute Gasteiger partial charge is 0.759 e. The highest BCUT2D eigenvalue weighted by molar-refractivity contribution is 7.79. The topological polar surface area (TPSA) is 114 Å². The average molecular weight is 266 g/mol. The molecule has 100 valence electrons. The predicted molar refractivity (Wildman–Crippen MR) is 60.7 cm³/mol. The zero-order valence-corrected chi connectivity index (χ0v) is 10.7. The van der Waals surface area contributed by atoms with E-state index < -0.39 is 10.4 Å². The minimum Gasteiger partial charge on any atom is -0.759 e. The third-order valence-electron chi connectivity index (χ3n) is 1.89. The lowest BCUT2D eigenvalue weighted by Gasteiger charge is -2.06. The summed E-state index contributed by atoms with van der Waals surface area (Å²) < 4.78 is 34.1. The van der Waals surface area contributed by atoms with E-state index in [0.717, 1.165) is 13.1 Å². The quantitative estimate of drug-likeness (QED) is 0.341. The molecule has 0 aromatic carbocycles. The second-order valence-electron chi connectivity index (χ2n) is 3.67. The molecule has 0 bridgehead atoms. The summed E-state index contributed by atoms with van der Waals surface area (Å²) >= 11 is 0. The van der Waals surface area contributed by atoms with Crippen molar-refractivity contribution in [1.82, 2.24) is 0 Å². The highest BCUT2D eigenvalue weighted by Crippen LogP contribution is 1.62. The summed E-state index contributed by atoms with van der Waals surface area (Å²) in [6.45, 7) is 4.40. The molecule has 2 rings (SSSR count). The van der Waals surface area contributed by atoms with Crippen LogP contribution < -0.4 is 9.80 Å². The van der Waals surface area contributed by atoms with E-state index in [1.165, 1.54) is 22.9 Å². The first kappa shape index (κ1) is 16.1. The predicted octanol–water partition coefficient (Wildman–Crippen LogP) is -4.25. The molecule has 9 heteroatoms. The summed E-state index contributed by atoms with van der Waals surface area (Å²) in [4.78, 5) is 10.8. The molecule has 8 nitrogen and oxygen atoms in total. The number of rotatable bonds is 0. The summed E-state index contributed by atoms with van der Waals surface area (Å²) in [5.41, 5.74) is 0. The van der Waals surface area contributed by atoms with E-state index >= 15 is 0 Å². The van der Waals surface area contributed by atoms with Crippen LogP contribution in [-0.4, -0.2) is 70.5 Å². The minimum atomic E-state index is -5.17. The number of hydrogen-bond acceptors (Lipinski definition) is 6. The van der Waals surface area contributed by atoms with Crippen LogP contribution in [0.1, 0.15) is 0 Å². The van der Waals surface area contributed by atoms with Crippen molar-refractivity contribution in [3.63, 3.8) is 0 Å². The monoisotopic (exact) mass is 266 g/mol. The van der Waals surface area contributed by atoms with Gasteiger partial charge in [-0.05, 0) is 0 Å². The summed E-state index contributed by atoms with van der Waals surface area (Å²) in [6.07, 6.45) is 3.89. The molecule has 0 aromatic heterocycles. The normalized spacial score (nSPS) is 25.9. The van der Waals surface area contributed by atoms with Crippen LogP contribution in [0.25, 0.3) is 0 Å². The Morgan fingerprint density at radius 2 is 1.29 bits per heavy atom. The number of nitrogens with zero attached hydrogens (tertiary/aromatic N) is 2. The van der Waals surface area contributed by atoms with E-state index in [4.69, 9.17) is 17.5 Å². The maximum absolute atomic E-state index is 8.52. The van der Waals surface area contributed by atoms with E-state index in [-0.39, 0.29) is 0 Å². The van der Waals surface area contributed by atoms with Crippen molar-refractivity contribution in [2.45, 2.75) is 0 Å². The molecule has 0 fully saturated rings. The number of hydrogen-bond donors (Lipinski definition) is 2. The van der Waals surface area contributed by atoms with Gasteiger partial charge >= 0.3 is 0 Å². The summed E-state index contributed by atoms with van der Waals surface area (Å²) in [7, 11) is -0.951. The summed E-state index contributed by atoms with van der Waals surface area (Å²) in [5.74, 6) is 0. The first-order valence-electron chi connectivity index (χ1n) is 5.10. The molecule has 0 amide bonds. The van der Waals surface area contributed by atoms with Gasteiger partial charge < -0.3 is 9.11 Å². The van der Waals surface area contributed by atoms with Crippen molar-refractivity contribution in [3.05, 3.63) is 0 Å². The lowest BCUT2D eigenvalue weighted by atomic mass is 10.6. The van der Waals surface area contributed by atoms with Gasteiger partial charge in [0.2, 0.25) is 0 Å². The molecular weight excluding hydrogens is 248 g/mol. The molecular formula is C8H18N4O4S. The van der Waals surface area contributed by atoms with Gasteiger partial charge in [0.15, 0.2) is 12.7 Å². The van der Waals surface area contributed by atoms with Gasteiger partial charge in [-0.25, -0.2) is 9.98 Å². The third-order valence-corrected chi connectivity index (χ3v) is 1.89. The third kappa shape index (κ3) is 15.1. The molecule has 0 saturated heterocycles. The second-order valence-corrected chi connectivity index (χ2v) is 4.49. The van der Waals surface area contributed by atoms with E-state index in [2.05, 4.69) is 24.1 Å². The van der Waals surface area contributed by atoms with Crippen LogP contribution in [0.2, 0.25) is 0 Å². The van der Waals surface area contributed by atoms with Crippen LogP contribution in [0.3, 0.4) is 0 Å². The Hall–Kier alpha value is -0.870. The molecule has 0 aliphatic carbocycles. The number of nitrogens with one attached hydrogen (secondary N) is 2. The van der Waals surface area contributed by atoms with Gasteiger partial charge in [0.1, 0.15) is 13.1 Å². The maximum Gasteiger partial charge on any atom is 0.183 e. The van der Waals surface area contributed by atoms with Gasteiger partial charge in [-0.1, -0.05) is 0 Å². The Bertz CT molecular complexity index is 327. The molecule has 2 heterocycles. The Kier molecular flexibility index (Phi) is 7.83. The van der Waals surface area contributed by atoms with Gasteiger partial charge in [-0.15, -0.1) is 0 Å². The van der Waals surface area contributed by atoms with Gasteiger partial charge in [-0.2, -0.15) is 0 Å². The number of likely N-dealkylation sites (N-methyl/N-ethyl adjacent to an activating group) is 2. The van der Waals surface area contributed by atoms with Crippen molar-refractivity contribution < 1.29 is 27.3 Å². The van der Waals surface area contributed by atoms with E-state index in [0.29, 0.717) is 0 Å². The SMILES string of the molecule is C[NH+]1C=NCC1.C[NH+]1C=NCC1.O=S(=O)([O-])[O-]. The van der Waals surface area contributed by atoms with Crippen molar-refractivity contribution in [1.29, 1.82) is 0 Å². The lowest BCUT2D eigenvalue weighted by molar-refractivity contribution is -0.766. The van der Waals surface area contributed by atoms with Crippen molar-refractivity contribution in [2.75, 3.05) is 40.3 Å². The Balaban J connectivity index is 0.000000228. The van der Waals surface area contributed by atoms with Crippen molar-refractivity contribution >= 4 is 23.1 Å². The number of quaternary nitrogens is 2. The number of aliphatic imine (C=N–C) groups is 2. The van der Waals surface area contributed by atoms with E-state index in [1.807, 2.05) is 12.7 Å². The first-order valence-corrected chi connectivity index (χ1v) is 6.43. The standard InChI is InChI=1S/2C4H8N2.H2O4S/c2*1-6-3-2-5-4-6;1-5(2,3)4/h2*4H,2-3H2,1H3;(H2,1,2,3,4). The molecule has 0 saturated carbocycles. The molecule has 2 aliphatic rings. The molecule has 17 heavy (non-hydrogen) atoms. The molecule has 0 spiro atoms. The fourth-order valence-corrected chi connectivity index (χ4v) is 1.05. The van der Waals surface area contributed by atoms with Crippen LogP contribution in [0.15, 0.2) is 9.98 Å². The zero-order chi connectivity index (χ0) is 13.3. The van der Waals surface area contributed by atoms with Crippen LogP contribution in [0, 0.1) is 0 Å². The lowest BCUT2D eigenvalue weighted by Crippen LogP contribution is -3.06. The molecule has 2 unspecified atom stereocenters. The Morgan fingerprint density at radius 1 is 1.00 bits per heavy atom. The molecule has 0 radical (unpaired) electrons. The maximum atomic E-state index is 8.52. The summed E-state index contributed by atoms with van der Waals surface area (Å²) in [5, 5.41) is 0. The fraction of sp³-hybridized carbons (Fsp3) is 0.750. The molecule has 2 aliphatic heterocycles. The van der Waals surface area contributed by atoms with Crippen LogP contribution in [0.4, 0.5) is 0 Å². The van der Waals surface area contributed by atoms with Gasteiger partial charge in [-0.3, -0.25) is 18.2 Å².